The Bertz CT molecular complexity index is 405. The Morgan fingerprint density at radius 1 is 1.19 bits per heavy atom. The molecule has 1 fully saturated rings. The van der Waals surface area contributed by atoms with Crippen LogP contribution in [0.5, 0.6) is 5.75 Å². The van der Waals surface area contributed by atoms with Gasteiger partial charge in [-0.1, -0.05) is 18.2 Å². The van der Waals surface area contributed by atoms with Crippen LogP contribution < -0.4 is 10.5 Å². The molecule has 1 saturated heterocycles. The van der Waals surface area contributed by atoms with Gasteiger partial charge in [0.1, 0.15) is 5.75 Å². The molecule has 2 rings (SSSR count). The average Bonchev–Trinajstić information content (AvgIpc) is 3.03. The van der Waals surface area contributed by atoms with Gasteiger partial charge in [0, 0.05) is 31.7 Å². The molecular weight excluding hydrogens is 262 g/mol. The first-order chi connectivity index (χ1) is 10.3. The molecular formula is C17H29N3O. The number of hydrogen-bond acceptors (Lipinski definition) is 4. The van der Waals surface area contributed by atoms with Gasteiger partial charge in [0.15, 0.2) is 0 Å². The molecule has 1 aliphatic heterocycles. The van der Waals surface area contributed by atoms with Gasteiger partial charge < -0.3 is 20.3 Å². The van der Waals surface area contributed by atoms with E-state index in [-0.39, 0.29) is 0 Å². The van der Waals surface area contributed by atoms with Crippen LogP contribution in [0, 0.1) is 0 Å². The molecule has 0 radical (unpaired) electrons. The first-order valence-electron chi connectivity index (χ1n) is 8.11. The molecule has 2 N–H and O–H groups in total. The quantitative estimate of drug-likeness (QED) is 0.706. The summed E-state index contributed by atoms with van der Waals surface area (Å²) < 4.78 is 5.84. The topological polar surface area (TPSA) is 41.7 Å². The fourth-order valence-corrected chi connectivity index (χ4v) is 2.76. The first kappa shape index (κ1) is 16.3. The van der Waals surface area contributed by atoms with Crippen molar-refractivity contribution >= 4 is 0 Å². The number of para-hydroxylation sites is 1. The number of likely N-dealkylation sites (N-methyl/N-ethyl adjacent to an activating group) is 1. The highest BCUT2D eigenvalue weighted by molar-refractivity contribution is 5.32. The molecule has 0 atom stereocenters. The van der Waals surface area contributed by atoms with Gasteiger partial charge in [-0.05, 0) is 45.5 Å². The van der Waals surface area contributed by atoms with Crippen molar-refractivity contribution in [1.29, 1.82) is 0 Å². The van der Waals surface area contributed by atoms with E-state index in [0.717, 1.165) is 37.4 Å². The minimum atomic E-state index is 0.534. The number of rotatable bonds is 9. The number of hydrogen-bond donors (Lipinski definition) is 1. The molecule has 21 heavy (non-hydrogen) atoms. The zero-order valence-corrected chi connectivity index (χ0v) is 13.3. The summed E-state index contributed by atoms with van der Waals surface area (Å²) in [5, 5.41) is 0. The normalized spacial score (nSPS) is 15.8. The van der Waals surface area contributed by atoms with Crippen molar-refractivity contribution in [3.63, 3.8) is 0 Å². The van der Waals surface area contributed by atoms with E-state index in [0.29, 0.717) is 6.54 Å². The van der Waals surface area contributed by atoms with Crippen molar-refractivity contribution in [3.8, 4) is 5.75 Å². The lowest BCUT2D eigenvalue weighted by molar-refractivity contribution is 0.232. The number of likely N-dealkylation sites (tertiary alicyclic amines) is 1. The summed E-state index contributed by atoms with van der Waals surface area (Å²) in [6.07, 6.45) is 3.80. The van der Waals surface area contributed by atoms with Crippen LogP contribution in [0.15, 0.2) is 24.3 Å². The minimum absolute atomic E-state index is 0.534. The zero-order chi connectivity index (χ0) is 14.9. The molecule has 1 aromatic rings. The molecule has 1 heterocycles. The first-order valence-corrected chi connectivity index (χ1v) is 8.11. The summed E-state index contributed by atoms with van der Waals surface area (Å²) in [4.78, 5) is 4.96. The van der Waals surface area contributed by atoms with Gasteiger partial charge in [0.05, 0.1) is 6.61 Å². The summed E-state index contributed by atoms with van der Waals surface area (Å²) in [6, 6.07) is 8.02. The van der Waals surface area contributed by atoms with Gasteiger partial charge in [0.2, 0.25) is 0 Å². The Hall–Kier alpha value is -1.10. The van der Waals surface area contributed by atoms with Gasteiger partial charge in [-0.25, -0.2) is 0 Å². The maximum absolute atomic E-state index is 5.84. The van der Waals surface area contributed by atoms with Crippen molar-refractivity contribution in [1.82, 2.24) is 9.80 Å². The van der Waals surface area contributed by atoms with Crippen molar-refractivity contribution in [2.45, 2.75) is 25.8 Å². The third kappa shape index (κ3) is 5.65. The van der Waals surface area contributed by atoms with Crippen molar-refractivity contribution < 1.29 is 4.74 Å². The Labute approximate surface area is 128 Å². The Morgan fingerprint density at radius 2 is 1.95 bits per heavy atom. The number of benzene rings is 1. The van der Waals surface area contributed by atoms with Gasteiger partial charge in [-0.15, -0.1) is 0 Å². The standard InChI is InChI=1S/C17H29N3O/c1-19(12-13-20-10-4-5-11-20)9-6-14-21-17-8-3-2-7-16(17)15-18/h2-3,7-8H,4-6,9-15,18H2,1H3. The maximum atomic E-state index is 5.84. The van der Waals surface area contributed by atoms with Gasteiger partial charge in [0.25, 0.3) is 0 Å². The molecule has 0 saturated carbocycles. The molecule has 1 aliphatic rings. The third-order valence-electron chi connectivity index (χ3n) is 4.13. The number of nitrogens with zero attached hydrogens (tertiary/aromatic N) is 2. The highest BCUT2D eigenvalue weighted by Crippen LogP contribution is 2.17. The molecule has 118 valence electrons. The van der Waals surface area contributed by atoms with E-state index < -0.39 is 0 Å². The SMILES string of the molecule is CN(CCCOc1ccccc1CN)CCN1CCCC1. The van der Waals surface area contributed by atoms with Crippen LogP contribution in [-0.4, -0.2) is 56.2 Å². The summed E-state index contributed by atoms with van der Waals surface area (Å²) in [6.45, 7) is 7.29. The van der Waals surface area contributed by atoms with E-state index in [9.17, 15) is 0 Å². The summed E-state index contributed by atoms with van der Waals surface area (Å²) >= 11 is 0. The maximum Gasteiger partial charge on any atom is 0.123 e. The predicted octanol–water partition coefficient (Wildman–Crippen LogP) is 1.94. The summed E-state index contributed by atoms with van der Waals surface area (Å²) in [7, 11) is 2.20. The van der Waals surface area contributed by atoms with Crippen LogP contribution in [0.3, 0.4) is 0 Å². The molecule has 0 aromatic heterocycles. The monoisotopic (exact) mass is 291 g/mol. The highest BCUT2D eigenvalue weighted by Gasteiger charge is 2.11. The molecule has 0 spiro atoms. The van der Waals surface area contributed by atoms with Gasteiger partial charge in [-0.3, -0.25) is 0 Å². The Kier molecular flexibility index (Phi) is 7.00. The molecule has 0 aliphatic carbocycles. The van der Waals surface area contributed by atoms with Crippen LogP contribution >= 0.6 is 0 Å². The van der Waals surface area contributed by atoms with E-state index >= 15 is 0 Å². The Balaban J connectivity index is 1.58. The minimum Gasteiger partial charge on any atom is -0.493 e. The van der Waals surface area contributed by atoms with E-state index in [4.69, 9.17) is 10.5 Å². The van der Waals surface area contributed by atoms with Crippen molar-refractivity contribution in [2.75, 3.05) is 46.4 Å². The number of ether oxygens (including phenoxy) is 1. The van der Waals surface area contributed by atoms with E-state index in [1.54, 1.807) is 0 Å². The predicted molar refractivity (Wildman–Crippen MR) is 87.6 cm³/mol. The lowest BCUT2D eigenvalue weighted by Crippen LogP contribution is -2.32. The van der Waals surface area contributed by atoms with Crippen LogP contribution in [0.1, 0.15) is 24.8 Å². The van der Waals surface area contributed by atoms with Crippen LogP contribution in [-0.2, 0) is 6.54 Å². The fourth-order valence-electron chi connectivity index (χ4n) is 2.76. The second-order valence-electron chi connectivity index (χ2n) is 5.87. The van der Waals surface area contributed by atoms with E-state index in [2.05, 4.69) is 16.8 Å². The molecule has 4 heteroatoms. The van der Waals surface area contributed by atoms with Gasteiger partial charge in [-0.2, -0.15) is 0 Å². The lowest BCUT2D eigenvalue weighted by atomic mass is 10.2. The molecule has 0 unspecified atom stereocenters. The Morgan fingerprint density at radius 3 is 2.71 bits per heavy atom. The van der Waals surface area contributed by atoms with Crippen molar-refractivity contribution in [2.24, 2.45) is 5.73 Å². The van der Waals surface area contributed by atoms with Gasteiger partial charge >= 0.3 is 0 Å². The highest BCUT2D eigenvalue weighted by atomic mass is 16.5. The summed E-state index contributed by atoms with van der Waals surface area (Å²) in [5.41, 5.74) is 6.79. The molecule has 0 bridgehead atoms. The number of nitrogens with two attached hydrogens (primary N) is 1. The molecule has 4 nitrogen and oxygen atoms in total. The second kappa shape index (κ2) is 9.03. The third-order valence-corrected chi connectivity index (χ3v) is 4.13. The second-order valence-corrected chi connectivity index (χ2v) is 5.87. The average molecular weight is 291 g/mol. The van der Waals surface area contributed by atoms with Crippen molar-refractivity contribution in [3.05, 3.63) is 29.8 Å². The van der Waals surface area contributed by atoms with Crippen LogP contribution in [0.4, 0.5) is 0 Å². The van der Waals surface area contributed by atoms with Crippen LogP contribution in [0.25, 0.3) is 0 Å². The zero-order valence-electron chi connectivity index (χ0n) is 13.3. The fraction of sp³-hybridized carbons (Fsp3) is 0.647. The smallest absolute Gasteiger partial charge is 0.123 e. The van der Waals surface area contributed by atoms with E-state index in [1.807, 2.05) is 24.3 Å². The molecule has 0 amide bonds. The largest absolute Gasteiger partial charge is 0.493 e. The van der Waals surface area contributed by atoms with Crippen LogP contribution in [0.2, 0.25) is 0 Å². The lowest BCUT2D eigenvalue weighted by Gasteiger charge is -2.21. The molecule has 1 aromatic carbocycles. The van der Waals surface area contributed by atoms with E-state index in [1.165, 1.54) is 32.5 Å². The summed E-state index contributed by atoms with van der Waals surface area (Å²) in [5.74, 6) is 0.930.